The number of carbonyl (C=O) groups is 6. The second-order valence-corrected chi connectivity index (χ2v) is 22.1. The molecule has 3 atom stereocenters. The van der Waals surface area contributed by atoms with Gasteiger partial charge in [-0.15, -0.1) is 34.9 Å². The molecule has 0 aliphatic carbocycles. The van der Waals surface area contributed by atoms with Crippen molar-refractivity contribution in [2.75, 3.05) is 29.3 Å². The third-order valence-corrected chi connectivity index (χ3v) is 16.8. The summed E-state index contributed by atoms with van der Waals surface area (Å²) >= 11 is 3.87. The maximum atomic E-state index is 15.2. The molecule has 84 heavy (non-hydrogen) atoms. The van der Waals surface area contributed by atoms with Crippen molar-refractivity contribution in [3.8, 4) is 11.5 Å². The number of oxime groups is 1. The number of fused-ring (bicyclic) bond motifs is 1. The number of carboxylic acid groups (broad SMARTS) is 1. The first-order chi connectivity index (χ1) is 40.8. The average molecular weight is 1180 g/mol. The van der Waals surface area contributed by atoms with Gasteiger partial charge in [0.25, 0.3) is 11.8 Å². The molecule has 2 aromatic heterocycles. The number of amides is 2. The molecule has 0 radical (unpaired) electrons. The Morgan fingerprint density at radius 1 is 0.750 bits per heavy atom. The molecule has 2 aliphatic heterocycles. The largest absolute Gasteiger partial charge is 0.477 e. The molecule has 6 aromatic carbocycles. The summed E-state index contributed by atoms with van der Waals surface area (Å²) in [5.41, 5.74) is 5.59. The summed E-state index contributed by atoms with van der Waals surface area (Å²) in [5, 5.41) is 22.6. The fraction of sp³-hybridized carbons (Fsp3) is 0.159. The number of anilines is 1. The number of esters is 3. The van der Waals surface area contributed by atoms with Gasteiger partial charge in [-0.25, -0.2) is 14.6 Å². The molecule has 8 aromatic rings. The van der Waals surface area contributed by atoms with Crippen LogP contribution in [0.1, 0.15) is 65.1 Å². The Morgan fingerprint density at radius 2 is 1.30 bits per heavy atom. The van der Waals surface area contributed by atoms with Crippen molar-refractivity contribution in [3.63, 3.8) is 0 Å². The van der Waals surface area contributed by atoms with Crippen LogP contribution in [-0.2, 0) is 43.9 Å². The Kier molecular flexibility index (Phi) is 17.9. The van der Waals surface area contributed by atoms with Gasteiger partial charge >= 0.3 is 23.9 Å². The second kappa shape index (κ2) is 26.1. The van der Waals surface area contributed by atoms with E-state index in [1.54, 1.807) is 65.6 Å². The van der Waals surface area contributed by atoms with E-state index in [9.17, 15) is 24.3 Å². The number of hydrogen-bond acceptors (Lipinski definition) is 17. The second-order valence-electron chi connectivity index (χ2n) is 19.0. The number of aromatic nitrogens is 2. The van der Waals surface area contributed by atoms with Crippen molar-refractivity contribution in [2.45, 2.75) is 47.9 Å². The molecule has 1 unspecified atom stereocenters. The molecule has 2 aliphatic rings. The van der Waals surface area contributed by atoms with Crippen LogP contribution in [0.25, 0.3) is 0 Å². The lowest BCUT2D eigenvalue weighted by Gasteiger charge is -2.49. The Hall–Kier alpha value is -9.57. The first-order valence-electron chi connectivity index (χ1n) is 26.3. The topological polar surface area (TPSA) is 228 Å². The van der Waals surface area contributed by atoms with Crippen molar-refractivity contribution in [3.05, 3.63) is 250 Å². The number of thioether (sulfide) groups is 2. The molecule has 10 rings (SSSR count). The van der Waals surface area contributed by atoms with Crippen LogP contribution in [-0.4, -0.2) is 86.4 Å². The van der Waals surface area contributed by atoms with Gasteiger partial charge in [0, 0.05) is 53.3 Å². The van der Waals surface area contributed by atoms with Crippen molar-refractivity contribution in [1.29, 1.82) is 0 Å². The first-order valence-corrected chi connectivity index (χ1v) is 29.2. The quantitative estimate of drug-likeness (QED) is 0.00725. The maximum Gasteiger partial charge on any atom is 0.355 e. The predicted molar refractivity (Wildman–Crippen MR) is 318 cm³/mol. The summed E-state index contributed by atoms with van der Waals surface area (Å²) in [7, 11) is 1.78. The Labute approximate surface area is 495 Å². The number of nitrogens with zero attached hydrogens (tertiary/aromatic N) is 4. The third kappa shape index (κ3) is 12.7. The lowest BCUT2D eigenvalue weighted by Crippen LogP contribution is -2.71. The van der Waals surface area contributed by atoms with Gasteiger partial charge in [0.2, 0.25) is 18.5 Å². The molecule has 4 heterocycles. The third-order valence-electron chi connectivity index (χ3n) is 13.6. The average Bonchev–Trinajstić information content (AvgIpc) is 3.89. The van der Waals surface area contributed by atoms with Gasteiger partial charge in [0.15, 0.2) is 28.4 Å². The number of aliphatic carboxylic acids is 1. The van der Waals surface area contributed by atoms with E-state index in [-0.39, 0.29) is 40.0 Å². The van der Waals surface area contributed by atoms with E-state index in [2.05, 4.69) is 21.2 Å². The summed E-state index contributed by atoms with van der Waals surface area (Å²) in [6.07, 6.45) is 0.828. The summed E-state index contributed by atoms with van der Waals surface area (Å²) in [6.45, 7) is 2.31. The number of carboxylic acids is 1. The van der Waals surface area contributed by atoms with Gasteiger partial charge in [-0.1, -0.05) is 168 Å². The van der Waals surface area contributed by atoms with Crippen LogP contribution in [0, 0.1) is 0 Å². The lowest BCUT2D eigenvalue weighted by molar-refractivity contribution is -0.647. The van der Waals surface area contributed by atoms with Crippen LogP contribution in [0.5, 0.6) is 11.5 Å². The standard InChI is InChI=1S/C63H53N7O11S3/c1-39(71)78-50-30-29-43(35-51(50)79-40(2)72)56(61(77)80-55(41-19-9-4-10-20-41)42-21-11-5-12-22-42)81-68-52(57(73)66-53-58(74)70-54(60(75)76)44(37-83-59(53)70)36-82-48-31-33-69(64-3)34-32-48)49-38-84-62(65-49)67-63(45-23-13-6-14-24-45,46-25-15-7-16-26-46)47-27-17-8-18-28-47/h4-35,38,53,55-56,59,64H,36-37H2,1-3H3,(H2-,65,66,67,73,75,76)/p+1/b68-52-/t53?,56-,59-/m0/s1. The highest BCUT2D eigenvalue weighted by Crippen LogP contribution is 2.44. The highest BCUT2D eigenvalue weighted by atomic mass is 32.2. The molecular weight excluding hydrogens is 1130 g/mol. The number of pyridine rings is 1. The van der Waals surface area contributed by atoms with E-state index < -0.39 is 70.6 Å². The number of benzene rings is 6. The van der Waals surface area contributed by atoms with Gasteiger partial charge in [-0.2, -0.15) is 5.43 Å². The molecule has 0 bridgehead atoms. The molecule has 1 saturated heterocycles. The number of carbonyl (C=O) groups excluding carboxylic acids is 5. The fourth-order valence-electron chi connectivity index (χ4n) is 9.69. The first kappa shape index (κ1) is 57.7. The van der Waals surface area contributed by atoms with E-state index in [0.717, 1.165) is 39.8 Å². The SMILES string of the molecule is CN[n+]1ccc(SCC2=C(C(=O)O)N3C(=O)C(NC(=O)/C(=N\O[C@H](C(=O)OC(c4ccccc4)c4ccccc4)c4ccc(OC(C)=O)c(OC(C)=O)c4)c4csc(NC(c5ccccc5)(c5ccccc5)c5ccccc5)n4)[C@@H]3SC2)cc1. The molecule has 21 heteroatoms. The molecule has 0 saturated carbocycles. The normalized spacial score (nSPS) is 15.2. The zero-order chi connectivity index (χ0) is 58.7. The number of nitrogens with one attached hydrogen (secondary N) is 3. The van der Waals surface area contributed by atoms with Crippen molar-refractivity contribution in [2.24, 2.45) is 5.16 Å². The summed E-state index contributed by atoms with van der Waals surface area (Å²) in [5.74, 6) is -5.27. The zero-order valence-electron chi connectivity index (χ0n) is 45.3. The number of β-lactam (4-membered cyclic amide) rings is 1. The van der Waals surface area contributed by atoms with E-state index in [0.29, 0.717) is 21.8 Å². The van der Waals surface area contributed by atoms with Crippen LogP contribution >= 0.6 is 34.9 Å². The number of hydrogen-bond donors (Lipinski definition) is 4. The summed E-state index contributed by atoms with van der Waals surface area (Å²) in [4.78, 5) is 95.5. The zero-order valence-corrected chi connectivity index (χ0v) is 47.8. The highest BCUT2D eigenvalue weighted by Gasteiger charge is 2.54. The Bertz CT molecular complexity index is 3630. The summed E-state index contributed by atoms with van der Waals surface area (Å²) in [6, 6.07) is 53.8. The van der Waals surface area contributed by atoms with Crippen LogP contribution in [0.2, 0.25) is 0 Å². The van der Waals surface area contributed by atoms with E-state index in [4.69, 9.17) is 24.0 Å². The van der Waals surface area contributed by atoms with Crippen LogP contribution in [0.15, 0.2) is 221 Å². The van der Waals surface area contributed by atoms with E-state index in [1.807, 2.05) is 128 Å². The molecule has 1 fully saturated rings. The minimum absolute atomic E-state index is 0.00576. The molecule has 18 nitrogen and oxygen atoms in total. The Morgan fingerprint density at radius 3 is 1.83 bits per heavy atom. The van der Waals surface area contributed by atoms with Gasteiger partial charge < -0.3 is 34.8 Å². The molecule has 4 N–H and O–H groups in total. The molecule has 0 spiro atoms. The summed E-state index contributed by atoms with van der Waals surface area (Å²) < 4.78 is 18.9. The van der Waals surface area contributed by atoms with Crippen LogP contribution < -0.4 is 30.2 Å². The van der Waals surface area contributed by atoms with Crippen LogP contribution in [0.4, 0.5) is 5.13 Å². The molecule has 424 valence electrons. The van der Waals surface area contributed by atoms with E-state index in [1.165, 1.54) is 53.5 Å². The number of ether oxygens (including phenoxy) is 3. The lowest BCUT2D eigenvalue weighted by atomic mass is 9.77. The van der Waals surface area contributed by atoms with E-state index >= 15 is 9.59 Å². The minimum atomic E-state index is -1.84. The molecule has 2 amide bonds. The van der Waals surface area contributed by atoms with Crippen LogP contribution in [0.3, 0.4) is 0 Å². The number of thiazole rings is 1. The fourth-order valence-corrected chi connectivity index (χ4v) is 12.8. The monoisotopic (exact) mass is 1180 g/mol. The van der Waals surface area contributed by atoms with Gasteiger partial charge in [-0.3, -0.25) is 24.1 Å². The molecular formula is C63H54N7O11S3+. The van der Waals surface area contributed by atoms with Gasteiger partial charge in [0.05, 0.1) is 7.05 Å². The Balaban J connectivity index is 1.05. The number of rotatable bonds is 22. The van der Waals surface area contributed by atoms with Gasteiger partial charge in [0.1, 0.15) is 28.3 Å². The highest BCUT2D eigenvalue weighted by molar-refractivity contribution is 8.01. The van der Waals surface area contributed by atoms with Gasteiger partial charge in [-0.05, 0) is 45.5 Å². The van der Waals surface area contributed by atoms with Crippen molar-refractivity contribution < 1.29 is 57.6 Å². The smallest absolute Gasteiger partial charge is 0.355 e. The maximum absolute atomic E-state index is 15.2. The van der Waals surface area contributed by atoms with Crippen molar-refractivity contribution >= 4 is 81.4 Å². The minimum Gasteiger partial charge on any atom is -0.477 e. The van der Waals surface area contributed by atoms with Crippen molar-refractivity contribution in [1.82, 2.24) is 15.2 Å². The predicted octanol–water partition coefficient (Wildman–Crippen LogP) is 9.18.